The summed E-state index contributed by atoms with van der Waals surface area (Å²) in [4.78, 5) is 25.4. The molecule has 11 heteroatoms. The second kappa shape index (κ2) is 6.98. The molecule has 0 saturated carbocycles. The Hall–Kier alpha value is -1.17. The molecular weight excluding hydrogens is 349 g/mol. The molecule has 3 N–H and O–H groups in total. The van der Waals surface area contributed by atoms with Crippen molar-refractivity contribution in [3.63, 3.8) is 0 Å². The average Bonchev–Trinajstić information content (AvgIpc) is 2.84. The first-order chi connectivity index (χ1) is 10.8. The van der Waals surface area contributed by atoms with Gasteiger partial charge in [-0.2, -0.15) is 8.42 Å². The number of hydrogen-bond donors (Lipinski definition) is 3. The van der Waals surface area contributed by atoms with E-state index in [0.29, 0.717) is 15.6 Å². The topological polar surface area (TPSA) is 127 Å². The van der Waals surface area contributed by atoms with Gasteiger partial charge in [0.05, 0.1) is 12.6 Å². The Morgan fingerprint density at radius 3 is 2.71 bits per heavy atom. The SMILES string of the molecule is O=C(Nc1cccc(CO)c1)N1CC[C@@H]2[C@H]1C(=O)N2S(=O)(=O)O.[NaH]. The number of nitrogens with zero attached hydrogens (tertiary/aromatic N) is 2. The first-order valence-electron chi connectivity index (χ1n) is 6.91. The number of nitrogens with one attached hydrogen (secondary N) is 1. The zero-order valence-corrected chi connectivity index (χ0v) is 12.7. The third-order valence-electron chi connectivity index (χ3n) is 4.01. The van der Waals surface area contributed by atoms with Crippen molar-refractivity contribution >= 4 is 57.5 Å². The molecule has 0 aliphatic carbocycles. The van der Waals surface area contributed by atoms with Crippen LogP contribution in [0.3, 0.4) is 0 Å². The summed E-state index contributed by atoms with van der Waals surface area (Å²) in [5.41, 5.74) is 1.09. The Morgan fingerprint density at radius 1 is 1.38 bits per heavy atom. The third kappa shape index (κ3) is 3.30. The number of β-lactam (4-membered cyclic amide) rings is 1. The molecule has 0 unspecified atom stereocenters. The normalized spacial score (nSPS) is 22.5. The van der Waals surface area contributed by atoms with Crippen LogP contribution in [0.15, 0.2) is 24.3 Å². The fraction of sp³-hybridized carbons (Fsp3) is 0.385. The summed E-state index contributed by atoms with van der Waals surface area (Å²) in [5.74, 6) is -0.811. The van der Waals surface area contributed by atoms with Crippen molar-refractivity contribution in [2.45, 2.75) is 25.1 Å². The number of carbonyl (C=O) groups is 2. The Balaban J connectivity index is 0.00000208. The molecule has 126 valence electrons. The fourth-order valence-electron chi connectivity index (χ4n) is 2.99. The van der Waals surface area contributed by atoms with Gasteiger partial charge < -0.3 is 15.3 Å². The summed E-state index contributed by atoms with van der Waals surface area (Å²) in [6, 6.07) is 4.47. The Morgan fingerprint density at radius 2 is 2.08 bits per heavy atom. The van der Waals surface area contributed by atoms with E-state index in [1.165, 1.54) is 4.90 Å². The van der Waals surface area contributed by atoms with Crippen molar-refractivity contribution < 1.29 is 27.7 Å². The molecule has 2 aliphatic heterocycles. The number of anilines is 1. The molecule has 1 aromatic rings. The number of benzene rings is 1. The standard InChI is InChI=1S/C13H15N3O6S.Na.H/c17-7-8-2-1-3-9(6-8)14-13(19)15-5-4-10-11(15)12(18)16(10)23(20,21)22;;/h1-3,6,10-11,17H,4-5,7H2,(H,14,19)(H,20,21,22);;/t10-,11+;;/m1../s1. The van der Waals surface area contributed by atoms with Crippen molar-refractivity contribution in [2.75, 3.05) is 11.9 Å². The van der Waals surface area contributed by atoms with Crippen LogP contribution in [0.25, 0.3) is 0 Å². The molecule has 0 spiro atoms. The van der Waals surface area contributed by atoms with Gasteiger partial charge in [-0.1, -0.05) is 12.1 Å². The van der Waals surface area contributed by atoms with E-state index in [9.17, 15) is 18.0 Å². The molecule has 2 fully saturated rings. The molecular formula is C13H16N3NaO6S. The van der Waals surface area contributed by atoms with Gasteiger partial charge in [0, 0.05) is 12.2 Å². The number of aliphatic hydroxyl groups is 1. The van der Waals surface area contributed by atoms with Crippen LogP contribution in [0.1, 0.15) is 12.0 Å². The third-order valence-corrected chi connectivity index (χ3v) is 4.96. The predicted octanol–water partition coefficient (Wildman–Crippen LogP) is -0.850. The van der Waals surface area contributed by atoms with Gasteiger partial charge >= 0.3 is 45.9 Å². The first-order valence-corrected chi connectivity index (χ1v) is 8.30. The summed E-state index contributed by atoms with van der Waals surface area (Å²) in [7, 11) is -4.59. The number of fused-ring (bicyclic) bond motifs is 1. The Kier molecular flexibility index (Phi) is 5.57. The molecule has 2 saturated heterocycles. The van der Waals surface area contributed by atoms with E-state index >= 15 is 0 Å². The van der Waals surface area contributed by atoms with Crippen molar-refractivity contribution in [2.24, 2.45) is 0 Å². The number of hydrogen-bond acceptors (Lipinski definition) is 5. The van der Waals surface area contributed by atoms with Crippen molar-refractivity contribution in [1.82, 2.24) is 9.21 Å². The summed E-state index contributed by atoms with van der Waals surface area (Å²) >= 11 is 0. The number of likely N-dealkylation sites (tertiary alicyclic amines) is 1. The predicted molar refractivity (Wildman–Crippen MR) is 85.8 cm³/mol. The Labute approximate surface area is 160 Å². The molecule has 9 nitrogen and oxygen atoms in total. The molecule has 2 atom stereocenters. The van der Waals surface area contributed by atoms with E-state index in [-0.39, 0.29) is 49.1 Å². The zero-order chi connectivity index (χ0) is 16.8. The Bertz CT molecular complexity index is 771. The van der Waals surface area contributed by atoms with Crippen LogP contribution in [-0.2, 0) is 21.7 Å². The number of carbonyl (C=O) groups excluding carboxylic acids is 2. The van der Waals surface area contributed by atoms with E-state index < -0.39 is 34.3 Å². The van der Waals surface area contributed by atoms with Gasteiger partial charge in [0.2, 0.25) is 0 Å². The van der Waals surface area contributed by atoms with Gasteiger partial charge in [0.25, 0.3) is 5.91 Å². The van der Waals surface area contributed by atoms with Crippen LogP contribution in [0.4, 0.5) is 10.5 Å². The van der Waals surface area contributed by atoms with Crippen LogP contribution in [0.5, 0.6) is 0 Å². The second-order valence-electron chi connectivity index (χ2n) is 5.39. The number of aliphatic hydroxyl groups excluding tert-OH is 1. The maximum absolute atomic E-state index is 12.3. The molecule has 0 radical (unpaired) electrons. The van der Waals surface area contributed by atoms with Crippen molar-refractivity contribution in [3.8, 4) is 0 Å². The molecule has 3 amide bonds. The van der Waals surface area contributed by atoms with Gasteiger partial charge in [0.15, 0.2) is 0 Å². The minimum atomic E-state index is -4.59. The molecule has 0 aromatic heterocycles. The van der Waals surface area contributed by atoms with Gasteiger partial charge in [-0.25, -0.2) is 9.10 Å². The monoisotopic (exact) mass is 365 g/mol. The minimum absolute atomic E-state index is 0. The average molecular weight is 365 g/mol. The van der Waals surface area contributed by atoms with E-state index in [1.54, 1.807) is 24.3 Å². The summed E-state index contributed by atoms with van der Waals surface area (Å²) < 4.78 is 31.7. The van der Waals surface area contributed by atoms with Crippen LogP contribution in [0, 0.1) is 0 Å². The first kappa shape index (κ1) is 19.2. The molecule has 2 heterocycles. The summed E-state index contributed by atoms with van der Waals surface area (Å²) in [5, 5.41) is 11.7. The molecule has 1 aromatic carbocycles. The summed E-state index contributed by atoms with van der Waals surface area (Å²) in [6.07, 6.45) is 0.278. The fourth-order valence-corrected chi connectivity index (χ4v) is 3.88. The second-order valence-corrected chi connectivity index (χ2v) is 6.68. The molecule has 0 bridgehead atoms. The van der Waals surface area contributed by atoms with Crippen molar-refractivity contribution in [1.29, 1.82) is 0 Å². The van der Waals surface area contributed by atoms with Gasteiger partial charge in [-0.05, 0) is 24.1 Å². The zero-order valence-electron chi connectivity index (χ0n) is 11.9. The number of rotatable bonds is 3. The molecule has 24 heavy (non-hydrogen) atoms. The van der Waals surface area contributed by atoms with Crippen LogP contribution in [-0.4, -0.2) is 87.4 Å². The van der Waals surface area contributed by atoms with E-state index in [1.807, 2.05) is 0 Å². The van der Waals surface area contributed by atoms with Gasteiger partial charge in [-0.3, -0.25) is 9.35 Å². The molecule has 2 aliphatic rings. The van der Waals surface area contributed by atoms with Gasteiger partial charge in [0.1, 0.15) is 6.04 Å². The number of urea groups is 1. The van der Waals surface area contributed by atoms with Crippen LogP contribution in [0.2, 0.25) is 0 Å². The van der Waals surface area contributed by atoms with E-state index in [0.717, 1.165) is 0 Å². The van der Waals surface area contributed by atoms with Crippen molar-refractivity contribution in [3.05, 3.63) is 29.8 Å². The van der Waals surface area contributed by atoms with Gasteiger partial charge in [-0.15, -0.1) is 0 Å². The maximum atomic E-state index is 12.3. The summed E-state index contributed by atoms with van der Waals surface area (Å²) in [6.45, 7) is 0.0402. The van der Waals surface area contributed by atoms with Crippen LogP contribution >= 0.6 is 0 Å². The molecule has 3 rings (SSSR count). The van der Waals surface area contributed by atoms with E-state index in [2.05, 4.69) is 5.32 Å². The quantitative estimate of drug-likeness (QED) is 0.364. The van der Waals surface area contributed by atoms with E-state index in [4.69, 9.17) is 9.66 Å². The van der Waals surface area contributed by atoms with Crippen LogP contribution < -0.4 is 5.32 Å². The number of amides is 3.